The zero-order valence-electron chi connectivity index (χ0n) is 21.5. The Hall–Kier alpha value is -4.79. The number of nitrogens with one attached hydrogen (secondary N) is 1. The van der Waals surface area contributed by atoms with Gasteiger partial charge in [0.25, 0.3) is 0 Å². The van der Waals surface area contributed by atoms with Crippen molar-refractivity contribution in [3.8, 4) is 23.0 Å². The van der Waals surface area contributed by atoms with E-state index in [2.05, 4.69) is 0 Å². The minimum Gasteiger partial charge on any atom is -0.497 e. The van der Waals surface area contributed by atoms with E-state index in [1.165, 1.54) is 0 Å². The minimum atomic E-state index is -0.866. The van der Waals surface area contributed by atoms with Gasteiger partial charge in [-0.1, -0.05) is 24.3 Å². The predicted octanol–water partition coefficient (Wildman–Crippen LogP) is 4.73. The molecule has 0 fully saturated rings. The zero-order chi connectivity index (χ0) is 27.5. The van der Waals surface area contributed by atoms with Crippen LogP contribution in [0.15, 0.2) is 66.7 Å². The van der Waals surface area contributed by atoms with Crippen LogP contribution < -0.4 is 25.3 Å². The number of ether oxygens (including phenoxy) is 4. The van der Waals surface area contributed by atoms with Crippen molar-refractivity contribution in [1.29, 1.82) is 0 Å². The summed E-state index contributed by atoms with van der Waals surface area (Å²) in [7, 11) is 3.12. The number of esters is 1. The monoisotopic (exact) mass is 518 g/mol. The van der Waals surface area contributed by atoms with E-state index >= 15 is 0 Å². The Labute approximate surface area is 221 Å². The average Bonchev–Trinajstić information content (AvgIpc) is 2.91. The number of aryl methyl sites for hydroxylation is 1. The Kier molecular flexibility index (Phi) is 9.87. The summed E-state index contributed by atoms with van der Waals surface area (Å²) in [5.41, 5.74) is 7.60. The first kappa shape index (κ1) is 27.8. The molecule has 0 bridgehead atoms. The van der Waals surface area contributed by atoms with Crippen LogP contribution in [-0.2, 0) is 20.7 Å². The molecular weight excluding hydrogens is 488 g/mol. The largest absolute Gasteiger partial charge is 0.497 e. The third kappa shape index (κ3) is 8.12. The van der Waals surface area contributed by atoms with Crippen LogP contribution in [0.5, 0.6) is 23.0 Å². The van der Waals surface area contributed by atoms with Crippen LogP contribution in [0.3, 0.4) is 0 Å². The number of rotatable bonds is 11. The molecule has 0 heterocycles. The molecule has 3 N–H and O–H groups in total. The van der Waals surface area contributed by atoms with Gasteiger partial charge in [0, 0.05) is 12.5 Å². The lowest BCUT2D eigenvalue weighted by Gasteiger charge is -2.11. The summed E-state index contributed by atoms with van der Waals surface area (Å²) in [4.78, 5) is 35.1. The number of hydrogen-bond acceptors (Lipinski definition) is 7. The normalized spacial score (nSPS) is 10.9. The van der Waals surface area contributed by atoms with Crippen LogP contribution in [0, 0.1) is 0 Å². The number of carbonyl (C=O) groups is 3. The van der Waals surface area contributed by atoms with Crippen LogP contribution in [-0.4, -0.2) is 38.7 Å². The highest BCUT2D eigenvalue weighted by molar-refractivity contribution is 6.21. The van der Waals surface area contributed by atoms with Gasteiger partial charge >= 0.3 is 12.0 Å². The standard InChI is InChI=1S/C29H30N2O7/c1-4-37-28(33)26(17-20-15-24(35-2)18-25(16-20)36-3)21-8-12-23(13-9-21)38-22-10-5-19(6-11-22)7-14-27(32)31-29(30)34/h5-6,8-13,15-18H,4,7,14H2,1-3H3,(H3,30,31,32,34)/b26-17+. The van der Waals surface area contributed by atoms with Crippen LogP contribution in [0.1, 0.15) is 30.0 Å². The Morgan fingerprint density at radius 3 is 1.95 bits per heavy atom. The first-order valence-corrected chi connectivity index (χ1v) is 11.9. The van der Waals surface area contributed by atoms with Crippen molar-refractivity contribution in [3.63, 3.8) is 0 Å². The molecule has 0 aliphatic rings. The molecular formula is C29H30N2O7. The van der Waals surface area contributed by atoms with Crippen LogP contribution >= 0.6 is 0 Å². The number of amides is 3. The Morgan fingerprint density at radius 1 is 0.842 bits per heavy atom. The summed E-state index contributed by atoms with van der Waals surface area (Å²) in [6.45, 7) is 1.99. The fourth-order valence-electron chi connectivity index (χ4n) is 3.57. The van der Waals surface area contributed by atoms with E-state index in [1.807, 2.05) is 17.4 Å². The molecule has 3 aromatic rings. The SMILES string of the molecule is CCOC(=O)/C(=C/c1cc(OC)cc(OC)c1)c1ccc(Oc2ccc(CCC(=O)NC(N)=O)cc2)cc1. The fourth-order valence-corrected chi connectivity index (χ4v) is 3.57. The molecule has 9 nitrogen and oxygen atoms in total. The smallest absolute Gasteiger partial charge is 0.338 e. The Balaban J connectivity index is 1.75. The van der Waals surface area contributed by atoms with Crippen molar-refractivity contribution in [2.45, 2.75) is 19.8 Å². The number of imide groups is 1. The van der Waals surface area contributed by atoms with Crippen molar-refractivity contribution in [1.82, 2.24) is 5.32 Å². The molecule has 0 aliphatic carbocycles. The highest BCUT2D eigenvalue weighted by atomic mass is 16.5. The molecule has 0 saturated carbocycles. The molecule has 0 radical (unpaired) electrons. The quantitative estimate of drug-likeness (QED) is 0.214. The van der Waals surface area contributed by atoms with Gasteiger partial charge < -0.3 is 24.7 Å². The second kappa shape index (κ2) is 13.5. The van der Waals surface area contributed by atoms with Gasteiger partial charge in [-0.05, 0) is 72.5 Å². The van der Waals surface area contributed by atoms with Crippen molar-refractivity contribution in [2.24, 2.45) is 5.73 Å². The topological polar surface area (TPSA) is 126 Å². The number of nitrogens with two attached hydrogens (primary N) is 1. The van der Waals surface area contributed by atoms with E-state index in [1.54, 1.807) is 81.8 Å². The molecule has 3 amide bonds. The maximum absolute atomic E-state index is 12.8. The third-order valence-corrected chi connectivity index (χ3v) is 5.41. The molecule has 198 valence electrons. The number of benzene rings is 3. The van der Waals surface area contributed by atoms with Gasteiger partial charge in [-0.25, -0.2) is 9.59 Å². The summed E-state index contributed by atoms with van der Waals surface area (Å²) in [6, 6.07) is 18.8. The van der Waals surface area contributed by atoms with Crippen LogP contribution in [0.4, 0.5) is 4.79 Å². The van der Waals surface area contributed by atoms with Gasteiger partial charge in [-0.15, -0.1) is 0 Å². The second-order valence-electron chi connectivity index (χ2n) is 8.11. The van der Waals surface area contributed by atoms with Gasteiger partial charge in [0.1, 0.15) is 23.0 Å². The summed E-state index contributed by atoms with van der Waals surface area (Å²) < 4.78 is 21.9. The maximum atomic E-state index is 12.8. The van der Waals surface area contributed by atoms with E-state index in [9.17, 15) is 14.4 Å². The van der Waals surface area contributed by atoms with E-state index < -0.39 is 17.9 Å². The summed E-state index contributed by atoms with van der Waals surface area (Å²) in [5, 5.41) is 2.04. The molecule has 0 aliphatic heterocycles. The van der Waals surface area contributed by atoms with Crippen molar-refractivity contribution < 1.29 is 33.3 Å². The van der Waals surface area contributed by atoms with Gasteiger partial charge in [0.15, 0.2) is 0 Å². The van der Waals surface area contributed by atoms with E-state index in [4.69, 9.17) is 24.7 Å². The molecule has 38 heavy (non-hydrogen) atoms. The molecule has 3 aromatic carbocycles. The van der Waals surface area contributed by atoms with Crippen LogP contribution in [0.25, 0.3) is 11.6 Å². The zero-order valence-corrected chi connectivity index (χ0v) is 21.5. The van der Waals surface area contributed by atoms with E-state index in [0.29, 0.717) is 40.6 Å². The van der Waals surface area contributed by atoms with Gasteiger partial charge in [0.2, 0.25) is 5.91 Å². The highest BCUT2D eigenvalue weighted by Gasteiger charge is 2.15. The minimum absolute atomic E-state index is 0.142. The Bertz CT molecular complexity index is 1280. The fraction of sp³-hybridized carbons (Fsp3) is 0.207. The lowest BCUT2D eigenvalue weighted by atomic mass is 10.0. The lowest BCUT2D eigenvalue weighted by Crippen LogP contribution is -2.35. The number of urea groups is 1. The van der Waals surface area contributed by atoms with Crippen LogP contribution in [0.2, 0.25) is 0 Å². The number of hydrogen-bond donors (Lipinski definition) is 2. The van der Waals surface area contributed by atoms with Crippen molar-refractivity contribution in [2.75, 3.05) is 20.8 Å². The summed E-state index contributed by atoms with van der Waals surface area (Å²) >= 11 is 0. The highest BCUT2D eigenvalue weighted by Crippen LogP contribution is 2.29. The molecule has 9 heteroatoms. The number of primary amides is 1. The lowest BCUT2D eigenvalue weighted by molar-refractivity contribution is -0.136. The van der Waals surface area contributed by atoms with E-state index in [0.717, 1.165) is 11.1 Å². The molecule has 3 rings (SSSR count). The molecule has 0 unspecified atom stereocenters. The number of carbonyl (C=O) groups excluding carboxylic acids is 3. The molecule has 0 spiro atoms. The van der Waals surface area contributed by atoms with E-state index in [-0.39, 0.29) is 13.0 Å². The second-order valence-corrected chi connectivity index (χ2v) is 8.11. The molecule has 0 aromatic heterocycles. The van der Waals surface area contributed by atoms with Gasteiger partial charge in [-0.3, -0.25) is 10.1 Å². The third-order valence-electron chi connectivity index (χ3n) is 5.41. The number of methoxy groups -OCH3 is 2. The molecule has 0 atom stereocenters. The molecule has 0 saturated heterocycles. The first-order chi connectivity index (χ1) is 18.3. The van der Waals surface area contributed by atoms with Crippen molar-refractivity contribution in [3.05, 3.63) is 83.4 Å². The first-order valence-electron chi connectivity index (χ1n) is 11.9. The summed E-state index contributed by atoms with van der Waals surface area (Å²) in [6.07, 6.45) is 2.32. The maximum Gasteiger partial charge on any atom is 0.338 e. The van der Waals surface area contributed by atoms with Gasteiger partial charge in [-0.2, -0.15) is 0 Å². The van der Waals surface area contributed by atoms with Crippen molar-refractivity contribution >= 4 is 29.6 Å². The Morgan fingerprint density at radius 2 is 1.42 bits per heavy atom. The average molecular weight is 519 g/mol. The van der Waals surface area contributed by atoms with Gasteiger partial charge in [0.05, 0.1) is 26.4 Å². The predicted molar refractivity (Wildman–Crippen MR) is 143 cm³/mol. The summed E-state index contributed by atoms with van der Waals surface area (Å²) in [5.74, 6) is 1.49.